The molecule has 0 bridgehead atoms. The van der Waals surface area contributed by atoms with Crippen LogP contribution in [0.2, 0.25) is 5.02 Å². The van der Waals surface area contributed by atoms with Crippen molar-refractivity contribution in [3.05, 3.63) is 26.3 Å². The molecule has 1 N–H and O–H groups in total. The third-order valence-corrected chi connectivity index (χ3v) is 2.61. The van der Waals surface area contributed by atoms with Crippen molar-refractivity contribution in [3.63, 3.8) is 0 Å². The Morgan fingerprint density at radius 1 is 1.50 bits per heavy atom. The van der Waals surface area contributed by atoms with Crippen LogP contribution in [0.15, 0.2) is 12.1 Å². The number of phenols is 1. The van der Waals surface area contributed by atoms with E-state index in [1.54, 1.807) is 0 Å². The van der Waals surface area contributed by atoms with Crippen LogP contribution in [0.3, 0.4) is 0 Å². The fourth-order valence-electron chi connectivity index (χ4n) is 0.642. The summed E-state index contributed by atoms with van der Waals surface area (Å²) >= 11 is 7.76. The van der Waals surface area contributed by atoms with Crippen LogP contribution in [0.4, 0.5) is 0 Å². The second-order valence-electron chi connectivity index (χ2n) is 2.03. The van der Waals surface area contributed by atoms with Crippen molar-refractivity contribution < 1.29 is 5.11 Å². The van der Waals surface area contributed by atoms with E-state index in [1.807, 2.05) is 41.6 Å². The van der Waals surface area contributed by atoms with Gasteiger partial charge in [0.2, 0.25) is 0 Å². The van der Waals surface area contributed by atoms with Crippen LogP contribution in [-0.2, 0) is 0 Å². The Labute approximate surface area is 78.2 Å². The molecular weight excluding hydrogens is 262 g/mol. The largest absolute Gasteiger partial charge is 0.505 e. The highest BCUT2D eigenvalue weighted by molar-refractivity contribution is 14.1. The number of rotatable bonds is 0. The number of hydrogen-bond donors (Lipinski definition) is 1. The van der Waals surface area contributed by atoms with Crippen molar-refractivity contribution in [1.82, 2.24) is 0 Å². The molecule has 1 aromatic rings. The Morgan fingerprint density at radius 2 is 2.10 bits per heavy atom. The molecule has 0 aliphatic rings. The van der Waals surface area contributed by atoms with Gasteiger partial charge in [0.15, 0.2) is 0 Å². The van der Waals surface area contributed by atoms with E-state index in [1.165, 1.54) is 0 Å². The maximum absolute atomic E-state index is 9.25. The molecule has 10 heavy (non-hydrogen) atoms. The number of halogens is 2. The highest BCUT2D eigenvalue weighted by Crippen LogP contribution is 2.30. The fourth-order valence-corrected chi connectivity index (χ4v) is 1.42. The average molecular weight is 268 g/mol. The van der Waals surface area contributed by atoms with Gasteiger partial charge in [-0.05, 0) is 41.1 Å². The van der Waals surface area contributed by atoms with E-state index in [-0.39, 0.29) is 5.75 Å². The molecule has 0 aromatic heterocycles. The summed E-state index contributed by atoms with van der Waals surface area (Å²) in [6.07, 6.45) is 0. The summed E-state index contributed by atoms with van der Waals surface area (Å²) in [5.74, 6) is 0.183. The topological polar surface area (TPSA) is 20.2 Å². The lowest BCUT2D eigenvalue weighted by atomic mass is 10.2. The molecule has 0 atom stereocenters. The van der Waals surface area contributed by atoms with E-state index in [0.717, 1.165) is 9.13 Å². The van der Waals surface area contributed by atoms with Crippen LogP contribution in [0, 0.1) is 10.5 Å². The summed E-state index contributed by atoms with van der Waals surface area (Å²) in [5.41, 5.74) is 0.902. The first-order valence-corrected chi connectivity index (χ1v) is 4.22. The molecule has 0 saturated heterocycles. The molecule has 3 heteroatoms. The summed E-state index contributed by atoms with van der Waals surface area (Å²) in [5, 5.41) is 9.70. The SMILES string of the molecule is Cc1ccc(I)c(O)c1Cl. The van der Waals surface area contributed by atoms with Crippen molar-refractivity contribution in [1.29, 1.82) is 0 Å². The second kappa shape index (κ2) is 2.96. The fraction of sp³-hybridized carbons (Fsp3) is 0.143. The van der Waals surface area contributed by atoms with E-state index in [2.05, 4.69) is 0 Å². The lowest BCUT2D eigenvalue weighted by Gasteiger charge is -2.01. The normalized spacial score (nSPS) is 9.90. The Balaban J connectivity index is 3.34. The van der Waals surface area contributed by atoms with Gasteiger partial charge in [0.25, 0.3) is 0 Å². The maximum atomic E-state index is 9.25. The van der Waals surface area contributed by atoms with Crippen molar-refractivity contribution >= 4 is 34.2 Å². The minimum Gasteiger partial charge on any atom is -0.505 e. The third kappa shape index (κ3) is 1.37. The van der Waals surface area contributed by atoms with E-state index in [9.17, 15) is 5.11 Å². The number of phenolic OH excluding ortho intramolecular Hbond substituents is 1. The average Bonchev–Trinajstić information content (AvgIpc) is 1.93. The Hall–Kier alpha value is 0.0400. The Morgan fingerprint density at radius 3 is 2.60 bits per heavy atom. The van der Waals surface area contributed by atoms with Crippen LogP contribution in [-0.4, -0.2) is 5.11 Å². The van der Waals surface area contributed by atoms with Crippen molar-refractivity contribution in [2.45, 2.75) is 6.92 Å². The van der Waals surface area contributed by atoms with Crippen molar-refractivity contribution in [3.8, 4) is 5.75 Å². The van der Waals surface area contributed by atoms with Gasteiger partial charge < -0.3 is 5.11 Å². The molecule has 0 heterocycles. The minimum atomic E-state index is 0.183. The highest BCUT2D eigenvalue weighted by Gasteiger charge is 2.04. The number of aryl methyl sites for hydroxylation is 1. The van der Waals surface area contributed by atoms with Gasteiger partial charge >= 0.3 is 0 Å². The van der Waals surface area contributed by atoms with Gasteiger partial charge in [-0.15, -0.1) is 0 Å². The standard InChI is InChI=1S/C7H6ClIO/c1-4-2-3-5(9)7(10)6(4)8/h2-3,10H,1H3. The zero-order chi connectivity index (χ0) is 7.72. The molecule has 0 fully saturated rings. The molecule has 0 saturated carbocycles. The van der Waals surface area contributed by atoms with E-state index in [4.69, 9.17) is 11.6 Å². The summed E-state index contributed by atoms with van der Waals surface area (Å²) in [4.78, 5) is 0. The van der Waals surface area contributed by atoms with E-state index < -0.39 is 0 Å². The first-order chi connectivity index (χ1) is 4.63. The first kappa shape index (κ1) is 8.14. The van der Waals surface area contributed by atoms with Gasteiger partial charge in [0, 0.05) is 0 Å². The van der Waals surface area contributed by atoms with Crippen molar-refractivity contribution in [2.75, 3.05) is 0 Å². The number of aromatic hydroxyl groups is 1. The van der Waals surface area contributed by atoms with Gasteiger partial charge in [0.05, 0.1) is 8.59 Å². The zero-order valence-electron chi connectivity index (χ0n) is 5.36. The van der Waals surface area contributed by atoms with Gasteiger partial charge in [-0.3, -0.25) is 0 Å². The molecule has 0 spiro atoms. The molecule has 54 valence electrons. The smallest absolute Gasteiger partial charge is 0.147 e. The Bertz CT molecular complexity index is 233. The molecule has 1 aromatic carbocycles. The first-order valence-electron chi connectivity index (χ1n) is 2.76. The van der Waals surface area contributed by atoms with Crippen LogP contribution >= 0.6 is 34.2 Å². The molecule has 1 rings (SSSR count). The maximum Gasteiger partial charge on any atom is 0.147 e. The zero-order valence-corrected chi connectivity index (χ0v) is 8.27. The van der Waals surface area contributed by atoms with E-state index >= 15 is 0 Å². The second-order valence-corrected chi connectivity index (χ2v) is 3.57. The molecule has 1 nitrogen and oxygen atoms in total. The quantitative estimate of drug-likeness (QED) is 0.717. The van der Waals surface area contributed by atoms with Crippen LogP contribution in [0.5, 0.6) is 5.75 Å². The van der Waals surface area contributed by atoms with Gasteiger partial charge in [-0.1, -0.05) is 17.7 Å². The van der Waals surface area contributed by atoms with Crippen LogP contribution in [0.1, 0.15) is 5.56 Å². The monoisotopic (exact) mass is 268 g/mol. The predicted octanol–water partition coefficient (Wildman–Crippen LogP) is 2.96. The van der Waals surface area contributed by atoms with Crippen molar-refractivity contribution in [2.24, 2.45) is 0 Å². The van der Waals surface area contributed by atoms with Crippen LogP contribution < -0.4 is 0 Å². The lowest BCUT2D eigenvalue weighted by Crippen LogP contribution is -1.78. The lowest BCUT2D eigenvalue weighted by molar-refractivity contribution is 0.471. The molecule has 0 unspecified atom stereocenters. The van der Waals surface area contributed by atoms with Gasteiger partial charge in [0.1, 0.15) is 5.75 Å². The molecule has 0 amide bonds. The molecule has 0 aliphatic heterocycles. The van der Waals surface area contributed by atoms with E-state index in [0.29, 0.717) is 5.02 Å². The summed E-state index contributed by atoms with van der Waals surface area (Å²) in [6, 6.07) is 3.71. The highest BCUT2D eigenvalue weighted by atomic mass is 127. The minimum absolute atomic E-state index is 0.183. The molecular formula is C7H6ClIO. The predicted molar refractivity (Wildman–Crippen MR) is 50.6 cm³/mol. The number of hydrogen-bond acceptors (Lipinski definition) is 1. The van der Waals surface area contributed by atoms with Gasteiger partial charge in [-0.2, -0.15) is 0 Å². The number of benzene rings is 1. The summed E-state index contributed by atoms with van der Waals surface area (Å²) in [7, 11) is 0. The van der Waals surface area contributed by atoms with Gasteiger partial charge in [-0.25, -0.2) is 0 Å². The van der Waals surface area contributed by atoms with Crippen LogP contribution in [0.25, 0.3) is 0 Å². The summed E-state index contributed by atoms with van der Waals surface area (Å²) in [6.45, 7) is 1.86. The summed E-state index contributed by atoms with van der Waals surface area (Å²) < 4.78 is 0.785. The molecule has 0 radical (unpaired) electrons. The molecule has 0 aliphatic carbocycles. The third-order valence-electron chi connectivity index (χ3n) is 1.26. The Kier molecular flexibility index (Phi) is 2.41.